The summed E-state index contributed by atoms with van der Waals surface area (Å²) in [6.45, 7) is 0.489. The number of benzene rings is 3. The first-order valence-corrected chi connectivity index (χ1v) is 10.6. The molecule has 0 aliphatic heterocycles. The predicted molar refractivity (Wildman–Crippen MR) is 119 cm³/mol. The van der Waals surface area contributed by atoms with Gasteiger partial charge in [-0.1, -0.05) is 42.5 Å². The summed E-state index contributed by atoms with van der Waals surface area (Å²) in [7, 11) is 1.99. The molecule has 0 radical (unpaired) electrons. The van der Waals surface area contributed by atoms with Gasteiger partial charge in [-0.15, -0.1) is 11.8 Å². The van der Waals surface area contributed by atoms with Crippen LogP contribution in [0.5, 0.6) is 0 Å². The fourth-order valence-electron chi connectivity index (χ4n) is 3.36. The normalized spacial score (nSPS) is 12.1. The van der Waals surface area contributed by atoms with Crippen LogP contribution in [0.4, 0.5) is 4.39 Å². The minimum absolute atomic E-state index is 0.0747. The van der Waals surface area contributed by atoms with Crippen molar-refractivity contribution >= 4 is 28.7 Å². The van der Waals surface area contributed by atoms with Crippen molar-refractivity contribution < 1.29 is 9.18 Å². The number of thioether (sulfide) groups is 1. The minimum Gasteiger partial charge on any atom is -0.354 e. The summed E-state index contributed by atoms with van der Waals surface area (Å²) in [5, 5.41) is 2.63. The molecule has 0 aliphatic rings. The highest BCUT2D eigenvalue weighted by atomic mass is 32.2. The second-order valence-electron chi connectivity index (χ2n) is 6.98. The predicted octanol–water partition coefficient (Wildman–Crippen LogP) is 4.90. The van der Waals surface area contributed by atoms with Crippen LogP contribution in [0.1, 0.15) is 16.6 Å². The number of hydrogen-bond acceptors (Lipinski definition) is 3. The lowest BCUT2D eigenvalue weighted by molar-refractivity contribution is -0.120. The lowest BCUT2D eigenvalue weighted by Crippen LogP contribution is -2.30. The Balaban J connectivity index is 1.46. The molecule has 1 atom stereocenters. The second-order valence-corrected chi connectivity index (χ2v) is 8.16. The van der Waals surface area contributed by atoms with Crippen LogP contribution in [0.25, 0.3) is 11.0 Å². The number of nitrogens with one attached hydrogen (secondary N) is 1. The molecule has 3 aromatic carbocycles. The zero-order chi connectivity index (χ0) is 20.9. The Labute approximate surface area is 179 Å². The SMILES string of the molecule is Cn1c(CCNC(=O)C(Sc2ccc(F)cc2)c2ccccc2)nc2ccccc21. The highest BCUT2D eigenvalue weighted by molar-refractivity contribution is 8.00. The zero-order valence-electron chi connectivity index (χ0n) is 16.6. The summed E-state index contributed by atoms with van der Waals surface area (Å²) in [5.74, 6) is 0.566. The molecule has 152 valence electrons. The van der Waals surface area contributed by atoms with Crippen LogP contribution in [-0.2, 0) is 18.3 Å². The van der Waals surface area contributed by atoms with Crippen LogP contribution < -0.4 is 5.32 Å². The Morgan fingerprint density at radius 2 is 1.73 bits per heavy atom. The second kappa shape index (κ2) is 9.13. The van der Waals surface area contributed by atoms with E-state index in [1.807, 2.05) is 61.6 Å². The van der Waals surface area contributed by atoms with Gasteiger partial charge in [-0.25, -0.2) is 9.37 Å². The number of hydrogen-bond donors (Lipinski definition) is 1. The van der Waals surface area contributed by atoms with Crippen molar-refractivity contribution in [3.63, 3.8) is 0 Å². The van der Waals surface area contributed by atoms with Crippen LogP contribution in [0, 0.1) is 5.82 Å². The molecule has 30 heavy (non-hydrogen) atoms. The van der Waals surface area contributed by atoms with E-state index in [2.05, 4.69) is 14.9 Å². The van der Waals surface area contributed by atoms with Gasteiger partial charge in [-0.05, 0) is 42.0 Å². The van der Waals surface area contributed by atoms with Gasteiger partial charge in [0.05, 0.1) is 11.0 Å². The number of nitrogens with zero attached hydrogens (tertiary/aromatic N) is 2. The average molecular weight is 420 g/mol. The van der Waals surface area contributed by atoms with Crippen molar-refractivity contribution in [2.75, 3.05) is 6.54 Å². The van der Waals surface area contributed by atoms with E-state index in [9.17, 15) is 9.18 Å². The first-order chi connectivity index (χ1) is 14.6. The van der Waals surface area contributed by atoms with Crippen molar-refractivity contribution in [1.82, 2.24) is 14.9 Å². The summed E-state index contributed by atoms with van der Waals surface area (Å²) in [6, 6.07) is 23.8. The van der Waals surface area contributed by atoms with Crippen molar-refractivity contribution in [2.24, 2.45) is 7.05 Å². The standard InChI is InChI=1S/C24H22FN3OS/c1-28-21-10-6-5-9-20(21)27-22(28)15-16-26-24(29)23(17-7-3-2-4-8-17)30-19-13-11-18(25)12-14-19/h2-14,23H,15-16H2,1H3,(H,26,29). The summed E-state index contributed by atoms with van der Waals surface area (Å²) >= 11 is 1.41. The van der Waals surface area contributed by atoms with Crippen LogP contribution in [0.2, 0.25) is 0 Å². The number of para-hydroxylation sites is 2. The van der Waals surface area contributed by atoms with E-state index in [4.69, 9.17) is 0 Å². The number of carbonyl (C=O) groups excluding carboxylic acids is 1. The maximum atomic E-state index is 13.2. The summed E-state index contributed by atoms with van der Waals surface area (Å²) in [6.07, 6.45) is 0.639. The Bertz CT molecular complexity index is 1140. The molecule has 0 saturated heterocycles. The fourth-order valence-corrected chi connectivity index (χ4v) is 4.41. The first-order valence-electron chi connectivity index (χ1n) is 9.77. The maximum absolute atomic E-state index is 13.2. The third kappa shape index (κ3) is 4.54. The van der Waals surface area contributed by atoms with Crippen molar-refractivity contribution in [3.8, 4) is 0 Å². The third-order valence-electron chi connectivity index (χ3n) is 4.94. The molecule has 1 N–H and O–H groups in total. The number of imidazole rings is 1. The van der Waals surface area contributed by atoms with E-state index in [0.717, 1.165) is 27.3 Å². The molecule has 0 aliphatic carbocycles. The molecule has 1 aromatic heterocycles. The van der Waals surface area contributed by atoms with Gasteiger partial charge < -0.3 is 9.88 Å². The molecule has 1 heterocycles. The molecule has 0 fully saturated rings. The number of fused-ring (bicyclic) bond motifs is 1. The zero-order valence-corrected chi connectivity index (χ0v) is 17.4. The molecular formula is C24H22FN3OS. The number of aromatic nitrogens is 2. The third-order valence-corrected chi connectivity index (χ3v) is 6.20. The van der Waals surface area contributed by atoms with Crippen molar-refractivity contribution in [1.29, 1.82) is 0 Å². The largest absolute Gasteiger partial charge is 0.354 e. The fraction of sp³-hybridized carbons (Fsp3) is 0.167. The summed E-state index contributed by atoms with van der Waals surface area (Å²) in [5.41, 5.74) is 2.94. The number of rotatable bonds is 7. The number of halogens is 1. The van der Waals surface area contributed by atoms with Crippen LogP contribution in [0.15, 0.2) is 83.8 Å². The highest BCUT2D eigenvalue weighted by Crippen LogP contribution is 2.35. The van der Waals surface area contributed by atoms with E-state index in [1.165, 1.54) is 23.9 Å². The van der Waals surface area contributed by atoms with E-state index in [-0.39, 0.29) is 11.7 Å². The monoisotopic (exact) mass is 419 g/mol. The molecule has 4 rings (SSSR count). The number of amides is 1. The summed E-state index contributed by atoms with van der Waals surface area (Å²) < 4.78 is 15.3. The van der Waals surface area contributed by atoms with Gasteiger partial charge in [0, 0.05) is 24.9 Å². The number of aryl methyl sites for hydroxylation is 1. The molecule has 4 nitrogen and oxygen atoms in total. The average Bonchev–Trinajstić information content (AvgIpc) is 3.09. The minimum atomic E-state index is -0.419. The molecule has 0 spiro atoms. The van der Waals surface area contributed by atoms with Gasteiger partial charge in [0.1, 0.15) is 16.9 Å². The number of carbonyl (C=O) groups is 1. The molecule has 1 unspecified atom stereocenters. The van der Waals surface area contributed by atoms with Gasteiger partial charge in [0.2, 0.25) is 5.91 Å². The highest BCUT2D eigenvalue weighted by Gasteiger charge is 2.22. The Hall–Kier alpha value is -3.12. The topological polar surface area (TPSA) is 46.9 Å². The van der Waals surface area contributed by atoms with Crippen molar-refractivity contribution in [2.45, 2.75) is 16.6 Å². The van der Waals surface area contributed by atoms with Crippen molar-refractivity contribution in [3.05, 3.63) is 96.1 Å². The van der Waals surface area contributed by atoms with Gasteiger partial charge in [-0.3, -0.25) is 4.79 Å². The van der Waals surface area contributed by atoms with Crippen LogP contribution in [0.3, 0.4) is 0 Å². The smallest absolute Gasteiger partial charge is 0.238 e. The Kier molecular flexibility index (Phi) is 6.14. The molecule has 0 bridgehead atoms. The lowest BCUT2D eigenvalue weighted by Gasteiger charge is -2.17. The van der Waals surface area contributed by atoms with Gasteiger partial charge in [0.15, 0.2) is 0 Å². The molecule has 4 aromatic rings. The molecular weight excluding hydrogens is 397 g/mol. The van der Waals surface area contributed by atoms with E-state index in [1.54, 1.807) is 12.1 Å². The van der Waals surface area contributed by atoms with E-state index < -0.39 is 5.25 Å². The van der Waals surface area contributed by atoms with Crippen LogP contribution in [-0.4, -0.2) is 22.0 Å². The van der Waals surface area contributed by atoms with Gasteiger partial charge in [0.25, 0.3) is 0 Å². The summed E-state index contributed by atoms with van der Waals surface area (Å²) in [4.78, 5) is 18.5. The molecule has 6 heteroatoms. The quantitative estimate of drug-likeness (QED) is 0.433. The van der Waals surface area contributed by atoms with Crippen LogP contribution >= 0.6 is 11.8 Å². The lowest BCUT2D eigenvalue weighted by atomic mass is 10.1. The Morgan fingerprint density at radius 1 is 1.03 bits per heavy atom. The molecule has 0 saturated carbocycles. The van der Waals surface area contributed by atoms with E-state index in [0.29, 0.717) is 13.0 Å². The van der Waals surface area contributed by atoms with Gasteiger partial charge in [-0.2, -0.15) is 0 Å². The van der Waals surface area contributed by atoms with E-state index >= 15 is 0 Å². The Morgan fingerprint density at radius 3 is 2.47 bits per heavy atom. The first kappa shape index (κ1) is 20.2. The van der Waals surface area contributed by atoms with Gasteiger partial charge >= 0.3 is 0 Å². The maximum Gasteiger partial charge on any atom is 0.238 e. The molecule has 1 amide bonds.